The Kier molecular flexibility index (Phi) is 6.84. The van der Waals surface area contributed by atoms with Crippen LogP contribution < -0.4 is 0 Å². The van der Waals surface area contributed by atoms with Crippen LogP contribution >= 0.6 is 0 Å². The zero-order valence-electron chi connectivity index (χ0n) is 18.4. The van der Waals surface area contributed by atoms with Gasteiger partial charge in [-0.2, -0.15) is 13.2 Å². The number of rotatable bonds is 4. The fraction of sp³-hybridized carbons (Fsp3) is 0.520. The van der Waals surface area contributed by atoms with Crippen molar-refractivity contribution >= 4 is 5.91 Å². The molecule has 32 heavy (non-hydrogen) atoms. The number of carbonyl (C=O) groups excluding carboxylic acids is 1. The van der Waals surface area contributed by atoms with Crippen molar-refractivity contribution in [3.05, 3.63) is 65.0 Å². The first-order chi connectivity index (χ1) is 15.3. The summed E-state index contributed by atoms with van der Waals surface area (Å²) in [6, 6.07) is 11.9. The summed E-state index contributed by atoms with van der Waals surface area (Å²) in [6.45, 7) is 5.37. The van der Waals surface area contributed by atoms with E-state index < -0.39 is 11.7 Å². The molecule has 3 heterocycles. The maximum Gasteiger partial charge on any atom is 0.416 e. The average Bonchev–Trinajstić information content (AvgIpc) is 2.79. The summed E-state index contributed by atoms with van der Waals surface area (Å²) in [5.41, 5.74) is 2.15. The molecule has 2 aromatic rings. The number of piperidine rings is 2. The highest BCUT2D eigenvalue weighted by molar-refractivity contribution is 5.73. The molecule has 1 aromatic carbocycles. The number of pyridine rings is 1. The van der Waals surface area contributed by atoms with Crippen molar-refractivity contribution in [3.63, 3.8) is 0 Å². The lowest BCUT2D eigenvalue weighted by Crippen LogP contribution is -2.49. The molecule has 0 saturated carbocycles. The molecule has 0 unspecified atom stereocenters. The zero-order chi connectivity index (χ0) is 22.7. The van der Waals surface area contributed by atoms with Crippen molar-refractivity contribution in [3.8, 4) is 0 Å². The summed E-state index contributed by atoms with van der Waals surface area (Å²) in [4.78, 5) is 21.0. The van der Waals surface area contributed by atoms with Gasteiger partial charge in [-0.3, -0.25) is 14.7 Å². The lowest BCUT2D eigenvalue weighted by Gasteiger charge is -2.42. The van der Waals surface area contributed by atoms with Crippen LogP contribution in [0.5, 0.6) is 0 Å². The molecule has 4 nitrogen and oxygen atoms in total. The van der Waals surface area contributed by atoms with E-state index in [0.717, 1.165) is 80.9 Å². The quantitative estimate of drug-likeness (QED) is 0.673. The number of nitrogens with zero attached hydrogens (tertiary/aromatic N) is 3. The van der Waals surface area contributed by atoms with Gasteiger partial charge in [0.1, 0.15) is 0 Å². The van der Waals surface area contributed by atoms with E-state index in [2.05, 4.69) is 11.0 Å². The van der Waals surface area contributed by atoms with Crippen LogP contribution in [0.1, 0.15) is 61.0 Å². The summed E-state index contributed by atoms with van der Waals surface area (Å²) in [5, 5.41) is 0. The monoisotopic (exact) mass is 445 g/mol. The van der Waals surface area contributed by atoms with Crippen molar-refractivity contribution in [1.29, 1.82) is 0 Å². The molecular formula is C25H30F3N3O. The van der Waals surface area contributed by atoms with Crippen LogP contribution in [0.25, 0.3) is 0 Å². The first-order valence-electron chi connectivity index (χ1n) is 11.4. The van der Waals surface area contributed by atoms with Crippen molar-refractivity contribution in [2.45, 2.75) is 57.2 Å². The van der Waals surface area contributed by atoms with Crippen LogP contribution in [-0.2, 0) is 17.4 Å². The van der Waals surface area contributed by atoms with Gasteiger partial charge < -0.3 is 4.90 Å². The van der Waals surface area contributed by atoms with Gasteiger partial charge in [0.25, 0.3) is 0 Å². The largest absolute Gasteiger partial charge is 0.416 e. The van der Waals surface area contributed by atoms with Crippen molar-refractivity contribution in [2.75, 3.05) is 26.2 Å². The van der Waals surface area contributed by atoms with E-state index in [1.165, 1.54) is 12.1 Å². The minimum Gasteiger partial charge on any atom is -0.343 e. The normalized spacial score (nSPS) is 21.0. The number of hydrogen-bond acceptors (Lipinski definition) is 3. The van der Waals surface area contributed by atoms with Crippen molar-refractivity contribution in [1.82, 2.24) is 14.8 Å². The standard InChI is InChI=1S/C25H30F3N3O/c1-18(32)30-14-11-23(12-15-30)31-13-3-4-20(17-31)24-6-2-5-22(29-24)16-19-7-9-21(10-8-19)25(26,27)28/h2,5-10,20,23H,3-4,11-17H2,1H3/t20-/m0/s1. The fourth-order valence-electron chi connectivity index (χ4n) is 4.97. The zero-order valence-corrected chi connectivity index (χ0v) is 18.4. The molecule has 0 radical (unpaired) electrons. The minimum absolute atomic E-state index is 0.161. The Morgan fingerprint density at radius 3 is 2.41 bits per heavy atom. The number of halogens is 3. The molecule has 1 aromatic heterocycles. The first kappa shape index (κ1) is 22.8. The Morgan fingerprint density at radius 1 is 1.03 bits per heavy atom. The second-order valence-electron chi connectivity index (χ2n) is 9.00. The highest BCUT2D eigenvalue weighted by atomic mass is 19.4. The second-order valence-corrected chi connectivity index (χ2v) is 9.00. The number of amides is 1. The molecule has 4 rings (SSSR count). The van der Waals surface area contributed by atoms with Crippen LogP contribution in [0.2, 0.25) is 0 Å². The van der Waals surface area contributed by atoms with Crippen molar-refractivity contribution < 1.29 is 18.0 Å². The van der Waals surface area contributed by atoms with Crippen LogP contribution in [-0.4, -0.2) is 52.9 Å². The van der Waals surface area contributed by atoms with E-state index in [-0.39, 0.29) is 5.91 Å². The van der Waals surface area contributed by atoms with Crippen LogP contribution in [0.15, 0.2) is 42.5 Å². The molecule has 0 spiro atoms. The van der Waals surface area contributed by atoms with Gasteiger partial charge in [-0.25, -0.2) is 0 Å². The van der Waals surface area contributed by atoms with Gasteiger partial charge in [0, 0.05) is 56.3 Å². The average molecular weight is 446 g/mol. The third kappa shape index (κ3) is 5.49. The molecular weight excluding hydrogens is 415 g/mol. The lowest BCUT2D eigenvalue weighted by atomic mass is 9.91. The summed E-state index contributed by atoms with van der Waals surface area (Å²) >= 11 is 0. The van der Waals surface area contributed by atoms with E-state index in [1.807, 2.05) is 17.0 Å². The molecule has 1 atom stereocenters. The third-order valence-corrected chi connectivity index (χ3v) is 6.79. The van der Waals surface area contributed by atoms with Gasteiger partial charge in [-0.05, 0) is 62.1 Å². The Hall–Kier alpha value is -2.41. The maximum absolute atomic E-state index is 12.8. The van der Waals surface area contributed by atoms with E-state index in [4.69, 9.17) is 4.98 Å². The molecule has 0 N–H and O–H groups in total. The Labute approximate surface area is 187 Å². The van der Waals surface area contributed by atoms with Crippen LogP contribution in [0.3, 0.4) is 0 Å². The molecule has 2 aliphatic heterocycles. The number of likely N-dealkylation sites (tertiary alicyclic amines) is 2. The smallest absolute Gasteiger partial charge is 0.343 e. The predicted molar refractivity (Wildman–Crippen MR) is 117 cm³/mol. The first-order valence-corrected chi connectivity index (χ1v) is 11.4. The predicted octanol–water partition coefficient (Wildman–Crippen LogP) is 4.88. The Bertz CT molecular complexity index is 921. The van der Waals surface area contributed by atoms with E-state index in [0.29, 0.717) is 18.4 Å². The molecule has 0 aliphatic carbocycles. The molecule has 2 fully saturated rings. The highest BCUT2D eigenvalue weighted by Crippen LogP contribution is 2.31. The van der Waals surface area contributed by atoms with Gasteiger partial charge in [0.05, 0.1) is 5.56 Å². The maximum atomic E-state index is 12.8. The second kappa shape index (κ2) is 9.61. The van der Waals surface area contributed by atoms with Gasteiger partial charge in [-0.15, -0.1) is 0 Å². The summed E-state index contributed by atoms with van der Waals surface area (Å²) in [7, 11) is 0. The summed E-state index contributed by atoms with van der Waals surface area (Å²) in [6.07, 6.45) is 0.474. The van der Waals surface area contributed by atoms with Gasteiger partial charge in [-0.1, -0.05) is 18.2 Å². The topological polar surface area (TPSA) is 36.4 Å². The van der Waals surface area contributed by atoms with E-state index in [1.54, 1.807) is 6.92 Å². The molecule has 2 saturated heterocycles. The third-order valence-electron chi connectivity index (χ3n) is 6.79. The molecule has 172 valence electrons. The molecule has 1 amide bonds. The summed E-state index contributed by atoms with van der Waals surface area (Å²) in [5.74, 6) is 0.524. The van der Waals surface area contributed by atoms with Gasteiger partial charge >= 0.3 is 6.18 Å². The van der Waals surface area contributed by atoms with E-state index >= 15 is 0 Å². The number of benzene rings is 1. The number of aromatic nitrogens is 1. The SMILES string of the molecule is CC(=O)N1CCC(N2CCC[C@H](c3cccc(Cc4ccc(C(F)(F)F)cc4)n3)C2)CC1. The number of carbonyl (C=O) groups is 1. The van der Waals surface area contributed by atoms with Crippen molar-refractivity contribution in [2.24, 2.45) is 0 Å². The fourth-order valence-corrected chi connectivity index (χ4v) is 4.97. The van der Waals surface area contributed by atoms with Gasteiger partial charge in [0.2, 0.25) is 5.91 Å². The number of alkyl halides is 3. The summed E-state index contributed by atoms with van der Waals surface area (Å²) < 4.78 is 38.4. The Morgan fingerprint density at radius 2 is 1.75 bits per heavy atom. The number of hydrogen-bond donors (Lipinski definition) is 0. The molecule has 2 aliphatic rings. The molecule has 0 bridgehead atoms. The Balaban J connectivity index is 1.39. The van der Waals surface area contributed by atoms with Gasteiger partial charge in [0.15, 0.2) is 0 Å². The lowest BCUT2D eigenvalue weighted by molar-refractivity contribution is -0.137. The highest BCUT2D eigenvalue weighted by Gasteiger charge is 2.31. The van der Waals surface area contributed by atoms with Crippen LogP contribution in [0, 0.1) is 0 Å². The van der Waals surface area contributed by atoms with Crippen LogP contribution in [0.4, 0.5) is 13.2 Å². The minimum atomic E-state index is -4.31. The molecule has 7 heteroatoms. The van der Waals surface area contributed by atoms with E-state index in [9.17, 15) is 18.0 Å².